The Morgan fingerprint density at radius 3 is 2.76 bits per heavy atom. The van der Waals surface area contributed by atoms with E-state index in [1.165, 1.54) is 13.1 Å². The van der Waals surface area contributed by atoms with Gasteiger partial charge in [-0.05, 0) is 48.7 Å². The molecule has 2 heterocycles. The summed E-state index contributed by atoms with van der Waals surface area (Å²) < 4.78 is 39.5. The number of amides is 1. The number of anilines is 1. The van der Waals surface area contributed by atoms with Crippen molar-refractivity contribution in [3.63, 3.8) is 0 Å². The number of nitrogens with one attached hydrogen (secondary N) is 2. The SMILES string of the molecule is Cc1ccc(O)c(NC(=O)C2CC(c3ccc4c(c3)OCO4)NS(=O)(=O)N2C)c1. The summed E-state index contributed by atoms with van der Waals surface area (Å²) in [4.78, 5) is 12.9. The smallest absolute Gasteiger partial charge is 0.280 e. The summed E-state index contributed by atoms with van der Waals surface area (Å²) in [5.41, 5.74) is 1.75. The fraction of sp³-hybridized carbons (Fsp3) is 0.316. The van der Waals surface area contributed by atoms with Crippen LogP contribution in [0.4, 0.5) is 5.69 Å². The molecule has 2 aliphatic heterocycles. The molecule has 4 rings (SSSR count). The fourth-order valence-corrected chi connectivity index (χ4v) is 4.70. The average Bonchev–Trinajstić information content (AvgIpc) is 3.14. The maximum Gasteiger partial charge on any atom is 0.280 e. The Bertz CT molecular complexity index is 1070. The molecular formula is C19H21N3O6S. The summed E-state index contributed by atoms with van der Waals surface area (Å²) in [6.07, 6.45) is 0.202. The number of carbonyl (C=O) groups excluding carboxylic acids is 1. The second kappa shape index (κ2) is 7.21. The highest BCUT2D eigenvalue weighted by Crippen LogP contribution is 2.37. The van der Waals surface area contributed by atoms with Gasteiger partial charge < -0.3 is 19.9 Å². The van der Waals surface area contributed by atoms with E-state index in [4.69, 9.17) is 9.47 Å². The Labute approximate surface area is 168 Å². The van der Waals surface area contributed by atoms with E-state index in [0.29, 0.717) is 17.1 Å². The molecule has 1 saturated heterocycles. The number of phenolic OH excluding ortho intramolecular Hbond substituents is 1. The fourth-order valence-electron chi connectivity index (χ4n) is 3.42. The molecule has 2 aliphatic rings. The van der Waals surface area contributed by atoms with Gasteiger partial charge in [-0.2, -0.15) is 17.4 Å². The van der Waals surface area contributed by atoms with Crippen molar-refractivity contribution in [1.29, 1.82) is 0 Å². The number of benzene rings is 2. The maximum absolute atomic E-state index is 12.9. The lowest BCUT2D eigenvalue weighted by atomic mass is 9.99. The zero-order valence-electron chi connectivity index (χ0n) is 15.9. The summed E-state index contributed by atoms with van der Waals surface area (Å²) in [5.74, 6) is 0.514. The third kappa shape index (κ3) is 3.74. The van der Waals surface area contributed by atoms with Crippen LogP contribution < -0.4 is 19.5 Å². The predicted octanol–water partition coefficient (Wildman–Crippen LogP) is 1.65. The van der Waals surface area contributed by atoms with Crippen molar-refractivity contribution in [3.05, 3.63) is 47.5 Å². The van der Waals surface area contributed by atoms with Crippen LogP contribution in [0.25, 0.3) is 0 Å². The largest absolute Gasteiger partial charge is 0.506 e. The Morgan fingerprint density at radius 2 is 1.97 bits per heavy atom. The Morgan fingerprint density at radius 1 is 1.21 bits per heavy atom. The highest BCUT2D eigenvalue weighted by molar-refractivity contribution is 7.87. The van der Waals surface area contributed by atoms with Gasteiger partial charge in [0.2, 0.25) is 12.7 Å². The van der Waals surface area contributed by atoms with Crippen molar-refractivity contribution in [3.8, 4) is 17.2 Å². The lowest BCUT2D eigenvalue weighted by Gasteiger charge is -2.36. The number of carbonyl (C=O) groups is 1. The summed E-state index contributed by atoms with van der Waals surface area (Å²) in [6, 6.07) is 8.40. The van der Waals surface area contributed by atoms with E-state index in [9.17, 15) is 18.3 Å². The van der Waals surface area contributed by atoms with Crippen LogP contribution in [0.5, 0.6) is 17.2 Å². The van der Waals surface area contributed by atoms with Crippen molar-refractivity contribution in [2.24, 2.45) is 0 Å². The molecule has 0 aromatic heterocycles. The average molecular weight is 419 g/mol. The minimum atomic E-state index is -3.89. The number of likely N-dealkylation sites (N-methyl/N-ethyl adjacent to an activating group) is 1. The van der Waals surface area contributed by atoms with Gasteiger partial charge >= 0.3 is 0 Å². The summed E-state index contributed by atoms with van der Waals surface area (Å²) in [5, 5.41) is 12.6. The Balaban J connectivity index is 1.60. The second-order valence-electron chi connectivity index (χ2n) is 7.07. The van der Waals surface area contributed by atoms with Gasteiger partial charge in [0.1, 0.15) is 11.8 Å². The van der Waals surface area contributed by atoms with Crippen LogP contribution in [0, 0.1) is 6.92 Å². The number of rotatable bonds is 3. The van der Waals surface area contributed by atoms with E-state index in [2.05, 4.69) is 10.0 Å². The molecule has 2 aromatic carbocycles. The van der Waals surface area contributed by atoms with E-state index >= 15 is 0 Å². The minimum Gasteiger partial charge on any atom is -0.506 e. The highest BCUT2D eigenvalue weighted by atomic mass is 32.2. The molecule has 1 fully saturated rings. The van der Waals surface area contributed by atoms with Gasteiger partial charge in [-0.3, -0.25) is 4.79 Å². The van der Waals surface area contributed by atoms with Crippen molar-refractivity contribution < 1.29 is 27.8 Å². The number of hydrogen-bond acceptors (Lipinski definition) is 6. The molecule has 2 aromatic rings. The first-order valence-electron chi connectivity index (χ1n) is 9.00. The molecule has 154 valence electrons. The minimum absolute atomic E-state index is 0.0873. The molecule has 1 amide bonds. The first-order chi connectivity index (χ1) is 13.7. The second-order valence-corrected chi connectivity index (χ2v) is 8.83. The standard InChI is InChI=1S/C19H21N3O6S/c1-11-3-5-16(23)14(7-11)20-19(24)15-9-13(21-29(25,26)22(15)2)12-4-6-17-18(8-12)28-10-27-17/h3-8,13,15,21,23H,9-10H2,1-2H3,(H,20,24). The van der Waals surface area contributed by atoms with Crippen LogP contribution in [0.3, 0.4) is 0 Å². The van der Waals surface area contributed by atoms with Gasteiger partial charge in [0.05, 0.1) is 11.7 Å². The van der Waals surface area contributed by atoms with E-state index < -0.39 is 28.2 Å². The first-order valence-corrected chi connectivity index (χ1v) is 10.4. The van der Waals surface area contributed by atoms with Crippen LogP contribution in [0.2, 0.25) is 0 Å². The summed E-state index contributed by atoms with van der Waals surface area (Å²) >= 11 is 0. The monoisotopic (exact) mass is 419 g/mol. The molecule has 10 heteroatoms. The van der Waals surface area contributed by atoms with Gasteiger partial charge in [0, 0.05) is 7.05 Å². The number of aryl methyl sites for hydroxylation is 1. The molecule has 2 atom stereocenters. The van der Waals surface area contributed by atoms with Gasteiger partial charge in [-0.15, -0.1) is 0 Å². The highest BCUT2D eigenvalue weighted by Gasteiger charge is 2.41. The van der Waals surface area contributed by atoms with Gasteiger partial charge in [-0.25, -0.2) is 0 Å². The number of phenols is 1. The number of aromatic hydroxyl groups is 1. The summed E-state index contributed by atoms with van der Waals surface area (Å²) in [7, 11) is -2.54. The molecule has 9 nitrogen and oxygen atoms in total. The zero-order chi connectivity index (χ0) is 20.8. The topological polar surface area (TPSA) is 117 Å². The molecule has 0 aliphatic carbocycles. The van der Waals surface area contributed by atoms with Crippen molar-refractivity contribution in [2.45, 2.75) is 25.4 Å². The number of fused-ring (bicyclic) bond motifs is 1. The van der Waals surface area contributed by atoms with Crippen LogP contribution >= 0.6 is 0 Å². The van der Waals surface area contributed by atoms with Crippen molar-refractivity contribution >= 4 is 21.8 Å². The summed E-state index contributed by atoms with van der Waals surface area (Å²) in [6.45, 7) is 1.94. The third-order valence-electron chi connectivity index (χ3n) is 5.08. The van der Waals surface area contributed by atoms with Crippen LogP contribution in [0.1, 0.15) is 23.6 Å². The lowest BCUT2D eigenvalue weighted by Crippen LogP contribution is -2.55. The zero-order valence-corrected chi connectivity index (χ0v) is 16.7. The van der Waals surface area contributed by atoms with Crippen molar-refractivity contribution in [1.82, 2.24) is 9.03 Å². The van der Waals surface area contributed by atoms with Crippen LogP contribution in [-0.2, 0) is 15.0 Å². The van der Waals surface area contributed by atoms with E-state index in [1.54, 1.807) is 30.3 Å². The molecule has 0 spiro atoms. The quantitative estimate of drug-likeness (QED) is 0.652. The molecule has 29 heavy (non-hydrogen) atoms. The molecule has 0 radical (unpaired) electrons. The lowest BCUT2D eigenvalue weighted by molar-refractivity contribution is -0.120. The van der Waals surface area contributed by atoms with E-state index in [-0.39, 0.29) is 24.7 Å². The number of ether oxygens (including phenoxy) is 2. The van der Waals surface area contributed by atoms with Gasteiger partial charge in [-0.1, -0.05) is 12.1 Å². The molecular weight excluding hydrogens is 398 g/mol. The molecule has 2 unspecified atom stereocenters. The molecule has 0 saturated carbocycles. The molecule has 3 N–H and O–H groups in total. The Hall–Kier alpha value is -2.82. The van der Waals surface area contributed by atoms with Crippen LogP contribution in [-0.4, -0.2) is 43.6 Å². The van der Waals surface area contributed by atoms with E-state index in [1.807, 2.05) is 6.92 Å². The Kier molecular flexibility index (Phi) is 4.85. The van der Waals surface area contributed by atoms with E-state index in [0.717, 1.165) is 9.87 Å². The third-order valence-corrected chi connectivity index (χ3v) is 6.67. The van der Waals surface area contributed by atoms with Crippen molar-refractivity contribution in [2.75, 3.05) is 19.2 Å². The molecule has 0 bridgehead atoms. The normalized spacial score (nSPS) is 23.0. The predicted molar refractivity (Wildman–Crippen MR) is 105 cm³/mol. The maximum atomic E-state index is 12.9. The number of nitrogens with zero attached hydrogens (tertiary/aromatic N) is 1. The first kappa shape index (κ1) is 19.5. The van der Waals surface area contributed by atoms with Gasteiger partial charge in [0.15, 0.2) is 11.5 Å². The number of hydrogen-bond donors (Lipinski definition) is 3. The van der Waals surface area contributed by atoms with Gasteiger partial charge in [0.25, 0.3) is 10.2 Å². The van der Waals surface area contributed by atoms with Crippen LogP contribution in [0.15, 0.2) is 36.4 Å².